The van der Waals surface area contributed by atoms with Crippen molar-refractivity contribution in [3.05, 3.63) is 65.9 Å². The zero-order chi connectivity index (χ0) is 22.0. The van der Waals surface area contributed by atoms with E-state index in [1.807, 2.05) is 61.5 Å². The molecule has 4 rings (SSSR count). The minimum atomic E-state index is -0.0861. The Morgan fingerprint density at radius 2 is 1.61 bits per heavy atom. The maximum atomic E-state index is 13.4. The van der Waals surface area contributed by atoms with Crippen molar-refractivity contribution in [2.45, 2.75) is 13.8 Å². The highest BCUT2D eigenvalue weighted by molar-refractivity contribution is 5.94. The fourth-order valence-corrected chi connectivity index (χ4v) is 3.78. The van der Waals surface area contributed by atoms with Gasteiger partial charge in [-0.05, 0) is 55.0 Å². The number of hydrogen-bond donors (Lipinski definition) is 0. The molecule has 2 aromatic carbocycles. The lowest BCUT2D eigenvalue weighted by molar-refractivity contribution is -0.130. The van der Waals surface area contributed by atoms with Crippen LogP contribution < -0.4 is 4.74 Å². The summed E-state index contributed by atoms with van der Waals surface area (Å²) in [5, 5.41) is 4.77. The number of aromatic nitrogens is 2. The molecule has 3 aromatic rings. The van der Waals surface area contributed by atoms with Crippen molar-refractivity contribution in [2.24, 2.45) is 0 Å². The summed E-state index contributed by atoms with van der Waals surface area (Å²) in [5.74, 6) is 0.720. The van der Waals surface area contributed by atoms with Crippen molar-refractivity contribution in [2.75, 3.05) is 33.3 Å². The van der Waals surface area contributed by atoms with E-state index in [4.69, 9.17) is 9.84 Å². The molecule has 31 heavy (non-hydrogen) atoms. The lowest BCUT2D eigenvalue weighted by Crippen LogP contribution is -2.50. The second kappa shape index (κ2) is 8.63. The Labute approximate surface area is 181 Å². The Morgan fingerprint density at radius 1 is 0.935 bits per heavy atom. The Balaban J connectivity index is 1.70. The van der Waals surface area contributed by atoms with Crippen molar-refractivity contribution < 1.29 is 14.3 Å². The molecule has 0 radical (unpaired) electrons. The Hall–Kier alpha value is -3.61. The highest BCUT2D eigenvalue weighted by Crippen LogP contribution is 2.25. The van der Waals surface area contributed by atoms with Crippen LogP contribution in [0.5, 0.6) is 5.75 Å². The second-order valence-corrected chi connectivity index (χ2v) is 7.69. The Morgan fingerprint density at radius 3 is 2.23 bits per heavy atom. The molecule has 0 aliphatic carbocycles. The van der Waals surface area contributed by atoms with E-state index in [1.54, 1.807) is 28.5 Å². The zero-order valence-electron chi connectivity index (χ0n) is 18.0. The average molecular weight is 418 g/mol. The smallest absolute Gasteiger partial charge is 0.272 e. The molecule has 2 heterocycles. The van der Waals surface area contributed by atoms with Gasteiger partial charge in [-0.15, -0.1) is 0 Å². The second-order valence-electron chi connectivity index (χ2n) is 7.69. The average Bonchev–Trinajstić information content (AvgIpc) is 3.24. The fraction of sp³-hybridized carbons (Fsp3) is 0.292. The van der Waals surface area contributed by atoms with Gasteiger partial charge in [0, 0.05) is 38.7 Å². The summed E-state index contributed by atoms with van der Waals surface area (Å²) in [6, 6.07) is 17.4. The number of aryl methyl sites for hydroxylation is 1. The van der Waals surface area contributed by atoms with Crippen LogP contribution >= 0.6 is 0 Å². The van der Waals surface area contributed by atoms with Crippen LogP contribution in [0.3, 0.4) is 0 Å². The molecule has 0 unspecified atom stereocenters. The topological polar surface area (TPSA) is 67.7 Å². The molecule has 1 aromatic heterocycles. The summed E-state index contributed by atoms with van der Waals surface area (Å²) in [4.78, 5) is 28.6. The summed E-state index contributed by atoms with van der Waals surface area (Å²) in [6.45, 7) is 5.69. The maximum Gasteiger partial charge on any atom is 0.272 e. The van der Waals surface area contributed by atoms with Gasteiger partial charge in [-0.1, -0.05) is 12.1 Å². The summed E-state index contributed by atoms with van der Waals surface area (Å²) < 4.78 is 6.96. The van der Waals surface area contributed by atoms with Crippen LogP contribution in [0.15, 0.2) is 54.6 Å². The maximum absolute atomic E-state index is 13.4. The zero-order valence-corrected chi connectivity index (χ0v) is 18.0. The van der Waals surface area contributed by atoms with E-state index in [0.29, 0.717) is 31.9 Å². The molecule has 1 aliphatic heterocycles. The summed E-state index contributed by atoms with van der Waals surface area (Å²) >= 11 is 0. The van der Waals surface area contributed by atoms with Crippen molar-refractivity contribution in [3.63, 3.8) is 0 Å². The number of piperazine rings is 1. The van der Waals surface area contributed by atoms with Crippen molar-refractivity contribution in [1.82, 2.24) is 19.6 Å². The van der Waals surface area contributed by atoms with Crippen LogP contribution in [-0.4, -0.2) is 64.7 Å². The molecule has 1 saturated heterocycles. The predicted molar refractivity (Wildman–Crippen MR) is 118 cm³/mol. The predicted octanol–water partition coefficient (Wildman–Crippen LogP) is 3.16. The van der Waals surface area contributed by atoms with E-state index in [1.165, 1.54) is 0 Å². The van der Waals surface area contributed by atoms with Gasteiger partial charge in [0.25, 0.3) is 5.91 Å². The molecule has 7 heteroatoms. The third-order valence-electron chi connectivity index (χ3n) is 5.57. The van der Waals surface area contributed by atoms with Crippen molar-refractivity contribution in [1.29, 1.82) is 0 Å². The Bertz CT molecular complexity index is 1100. The van der Waals surface area contributed by atoms with Gasteiger partial charge in [0.15, 0.2) is 0 Å². The number of hydrogen-bond acceptors (Lipinski definition) is 4. The third-order valence-corrected chi connectivity index (χ3v) is 5.57. The van der Waals surface area contributed by atoms with E-state index in [-0.39, 0.29) is 11.8 Å². The van der Waals surface area contributed by atoms with Crippen molar-refractivity contribution in [3.8, 4) is 22.7 Å². The normalized spacial score (nSPS) is 13.9. The third kappa shape index (κ3) is 4.30. The van der Waals surface area contributed by atoms with Crippen LogP contribution in [-0.2, 0) is 4.79 Å². The van der Waals surface area contributed by atoms with Gasteiger partial charge in [-0.2, -0.15) is 5.10 Å². The quantitative estimate of drug-likeness (QED) is 0.653. The number of methoxy groups -OCH3 is 1. The van der Waals surface area contributed by atoms with Crippen molar-refractivity contribution >= 4 is 11.8 Å². The number of nitrogens with zero attached hydrogens (tertiary/aromatic N) is 4. The minimum Gasteiger partial charge on any atom is -0.497 e. The summed E-state index contributed by atoms with van der Waals surface area (Å²) in [7, 11) is 1.63. The number of carbonyl (C=O) groups is 2. The highest BCUT2D eigenvalue weighted by Gasteiger charge is 2.27. The molecule has 7 nitrogen and oxygen atoms in total. The van der Waals surface area contributed by atoms with Gasteiger partial charge >= 0.3 is 0 Å². The van der Waals surface area contributed by atoms with Crippen LogP contribution in [0.25, 0.3) is 16.9 Å². The first-order valence-corrected chi connectivity index (χ1v) is 10.3. The van der Waals surface area contributed by atoms with Gasteiger partial charge in [0.05, 0.1) is 18.5 Å². The lowest BCUT2D eigenvalue weighted by Gasteiger charge is -2.34. The molecule has 2 amide bonds. The first-order valence-electron chi connectivity index (χ1n) is 10.3. The lowest BCUT2D eigenvalue weighted by atomic mass is 10.1. The molecule has 0 saturated carbocycles. The first-order chi connectivity index (χ1) is 15.0. The van der Waals surface area contributed by atoms with Gasteiger partial charge < -0.3 is 14.5 Å². The molecule has 160 valence electrons. The van der Waals surface area contributed by atoms with Crippen LogP contribution in [0, 0.1) is 6.92 Å². The molecule has 0 spiro atoms. The molecule has 0 bridgehead atoms. The first kappa shape index (κ1) is 20.7. The molecular formula is C24H26N4O3. The van der Waals surface area contributed by atoms with E-state index in [0.717, 1.165) is 28.3 Å². The van der Waals surface area contributed by atoms with E-state index < -0.39 is 0 Å². The van der Waals surface area contributed by atoms with E-state index in [9.17, 15) is 9.59 Å². The molecule has 1 aliphatic rings. The number of carbonyl (C=O) groups excluding carboxylic acids is 2. The molecule has 0 N–H and O–H groups in total. The molecule has 1 fully saturated rings. The van der Waals surface area contributed by atoms with Gasteiger partial charge in [-0.3, -0.25) is 9.59 Å². The fourth-order valence-electron chi connectivity index (χ4n) is 3.78. The molecule has 0 atom stereocenters. The monoisotopic (exact) mass is 418 g/mol. The van der Waals surface area contributed by atoms with E-state index >= 15 is 0 Å². The van der Waals surface area contributed by atoms with Gasteiger partial charge in [-0.25, -0.2) is 4.68 Å². The summed E-state index contributed by atoms with van der Waals surface area (Å²) in [5.41, 5.74) is 4.06. The standard InChI is InChI=1S/C24H26N4O3/c1-17-5-4-6-20(15-17)28-23(24(30)27-13-11-26(12-14-27)18(2)29)16-22(25-28)19-7-9-21(31-3)10-8-19/h4-10,15-16H,11-14H2,1-3H3. The summed E-state index contributed by atoms with van der Waals surface area (Å²) in [6.07, 6.45) is 0. The number of amides is 2. The number of rotatable bonds is 4. The Kier molecular flexibility index (Phi) is 5.75. The SMILES string of the molecule is COc1ccc(-c2cc(C(=O)N3CCN(C(C)=O)CC3)n(-c3cccc(C)c3)n2)cc1. The highest BCUT2D eigenvalue weighted by atomic mass is 16.5. The van der Waals surface area contributed by atoms with Crippen LogP contribution in [0.2, 0.25) is 0 Å². The van der Waals surface area contributed by atoms with E-state index in [2.05, 4.69) is 0 Å². The minimum absolute atomic E-state index is 0.0405. The molecular weight excluding hydrogens is 392 g/mol. The number of benzene rings is 2. The largest absolute Gasteiger partial charge is 0.497 e. The van der Waals surface area contributed by atoms with Gasteiger partial charge in [0.2, 0.25) is 5.91 Å². The van der Waals surface area contributed by atoms with Gasteiger partial charge in [0.1, 0.15) is 11.4 Å². The number of ether oxygens (including phenoxy) is 1. The van der Waals surface area contributed by atoms with Crippen LogP contribution in [0.4, 0.5) is 0 Å². The van der Waals surface area contributed by atoms with Crippen LogP contribution in [0.1, 0.15) is 23.0 Å².